The van der Waals surface area contributed by atoms with E-state index in [2.05, 4.69) is 69.4 Å². The number of esters is 3. The van der Waals surface area contributed by atoms with Crippen LogP contribution >= 0.6 is 15.6 Å². The lowest BCUT2D eigenvalue weighted by atomic mass is 10.0. The molecule has 0 saturated heterocycles. The first kappa shape index (κ1) is 94.5. The smallest absolute Gasteiger partial charge is 0.463 e. The summed E-state index contributed by atoms with van der Waals surface area (Å²) >= 11 is 0. The zero-order chi connectivity index (χ0) is 70.9. The summed E-state index contributed by atoms with van der Waals surface area (Å²) in [6, 6.07) is 0. The molecule has 0 aromatic carbocycles. The van der Waals surface area contributed by atoms with Gasteiger partial charge in [-0.15, -0.1) is 0 Å². The number of ether oxygens (including phenoxy) is 3. The number of phosphoric ester groups is 2. The third kappa shape index (κ3) is 74.5. The lowest BCUT2D eigenvalue weighted by molar-refractivity contribution is -0.161. The van der Waals surface area contributed by atoms with E-state index in [0.717, 1.165) is 83.5 Å². The molecule has 0 aliphatic heterocycles. The molecule has 0 saturated carbocycles. The molecule has 0 radical (unpaired) electrons. The van der Waals surface area contributed by atoms with Crippen molar-refractivity contribution in [2.45, 2.75) is 399 Å². The predicted octanol–water partition coefficient (Wildman–Crippen LogP) is 23.1. The zero-order valence-corrected chi connectivity index (χ0v) is 64.1. The maximum Gasteiger partial charge on any atom is 0.472 e. The lowest BCUT2D eigenvalue weighted by Gasteiger charge is -2.21. The Labute approximate surface area is 593 Å². The van der Waals surface area contributed by atoms with E-state index in [4.69, 9.17) is 32.3 Å². The van der Waals surface area contributed by atoms with Crippen LogP contribution < -0.4 is 0 Å². The van der Waals surface area contributed by atoms with E-state index in [1.54, 1.807) is 0 Å². The van der Waals surface area contributed by atoms with Crippen molar-refractivity contribution in [1.29, 1.82) is 0 Å². The number of carbonyl (C=O) groups is 3. The number of carbonyl (C=O) groups excluding carboxylic acids is 3. The Bertz CT molecular complexity index is 1960. The Balaban J connectivity index is 4.25. The van der Waals surface area contributed by atoms with Gasteiger partial charge in [0.2, 0.25) is 0 Å². The van der Waals surface area contributed by atoms with Gasteiger partial charge in [0.15, 0.2) is 6.10 Å². The van der Waals surface area contributed by atoms with Crippen molar-refractivity contribution >= 4 is 33.6 Å². The maximum atomic E-state index is 12.9. The van der Waals surface area contributed by atoms with Crippen LogP contribution in [-0.4, -0.2) is 95.9 Å². The van der Waals surface area contributed by atoms with Crippen molar-refractivity contribution in [2.75, 3.05) is 39.6 Å². The second-order valence-electron chi connectivity index (χ2n) is 27.2. The van der Waals surface area contributed by atoms with Gasteiger partial charge < -0.3 is 34.2 Å². The second kappa shape index (κ2) is 73.3. The average molecular weight is 1420 g/mol. The van der Waals surface area contributed by atoms with Gasteiger partial charge >= 0.3 is 33.6 Å². The number of hydrogen-bond acceptors (Lipinski definition) is 14. The van der Waals surface area contributed by atoms with E-state index in [1.165, 1.54) is 238 Å². The molecule has 4 N–H and O–H groups in total. The van der Waals surface area contributed by atoms with Gasteiger partial charge in [-0.1, -0.05) is 345 Å². The van der Waals surface area contributed by atoms with Gasteiger partial charge in [0.05, 0.1) is 26.4 Å². The highest BCUT2D eigenvalue weighted by Crippen LogP contribution is 2.45. The minimum absolute atomic E-state index is 0.114. The van der Waals surface area contributed by atoms with E-state index < -0.39 is 91.5 Å². The summed E-state index contributed by atoms with van der Waals surface area (Å²) in [5.41, 5.74) is 0. The highest BCUT2D eigenvalue weighted by Gasteiger charge is 2.29. The van der Waals surface area contributed by atoms with Crippen LogP contribution in [0.3, 0.4) is 0 Å². The highest BCUT2D eigenvalue weighted by atomic mass is 31.2. The average Bonchev–Trinajstić information content (AvgIpc) is 1.57. The van der Waals surface area contributed by atoms with Crippen molar-refractivity contribution in [3.63, 3.8) is 0 Å². The maximum absolute atomic E-state index is 12.9. The molecule has 0 bridgehead atoms. The molecule has 0 aromatic heterocycles. The summed E-state index contributed by atoms with van der Waals surface area (Å²) in [5, 5.41) is 20.6. The van der Waals surface area contributed by atoms with Crippen molar-refractivity contribution in [1.82, 2.24) is 0 Å². The molecule has 0 amide bonds. The van der Waals surface area contributed by atoms with E-state index >= 15 is 0 Å². The number of aliphatic hydroxyl groups excluding tert-OH is 2. The zero-order valence-electron chi connectivity index (χ0n) is 62.3. The third-order valence-electron chi connectivity index (χ3n) is 17.6. The second-order valence-corrected chi connectivity index (χ2v) is 30.1. The molecule has 0 heterocycles. The predicted molar refractivity (Wildman–Crippen MR) is 399 cm³/mol. The molecular formula is C79H148O16P2. The molecule has 0 aromatic rings. The molecule has 0 aliphatic rings. The summed E-state index contributed by atoms with van der Waals surface area (Å²) in [4.78, 5) is 58.4. The number of rotatable bonds is 77. The molecule has 0 spiro atoms. The Morgan fingerprint density at radius 3 is 0.835 bits per heavy atom. The number of unbranched alkanes of at least 4 members (excludes halogenated alkanes) is 46. The molecule has 0 aliphatic carbocycles. The molecule has 0 rings (SSSR count). The van der Waals surface area contributed by atoms with Gasteiger partial charge in [-0.2, -0.15) is 0 Å². The van der Waals surface area contributed by atoms with Crippen LogP contribution in [0.1, 0.15) is 380 Å². The van der Waals surface area contributed by atoms with Crippen molar-refractivity contribution in [2.24, 2.45) is 0 Å². The first-order valence-electron chi connectivity index (χ1n) is 39.9. The summed E-state index contributed by atoms with van der Waals surface area (Å²) in [7, 11) is -9.75. The molecular weight excluding hydrogens is 1270 g/mol. The summed E-state index contributed by atoms with van der Waals surface area (Å²) in [5.74, 6) is -1.54. The number of allylic oxidation sites excluding steroid dienone is 8. The van der Waals surface area contributed by atoms with E-state index in [-0.39, 0.29) is 19.3 Å². The van der Waals surface area contributed by atoms with Crippen LogP contribution in [-0.2, 0) is 55.8 Å². The minimum Gasteiger partial charge on any atom is -0.463 e. The Morgan fingerprint density at radius 2 is 0.515 bits per heavy atom. The van der Waals surface area contributed by atoms with Gasteiger partial charge in [-0.3, -0.25) is 32.5 Å². The van der Waals surface area contributed by atoms with Gasteiger partial charge in [-0.25, -0.2) is 9.13 Å². The minimum atomic E-state index is -4.91. The van der Waals surface area contributed by atoms with Gasteiger partial charge in [0.1, 0.15) is 25.4 Å². The molecule has 16 nitrogen and oxygen atoms in total. The highest BCUT2D eigenvalue weighted by molar-refractivity contribution is 7.47. The third-order valence-corrected chi connectivity index (χ3v) is 19.5. The largest absolute Gasteiger partial charge is 0.472 e. The Morgan fingerprint density at radius 1 is 0.289 bits per heavy atom. The summed E-state index contributed by atoms with van der Waals surface area (Å²) < 4.78 is 61.0. The fourth-order valence-corrected chi connectivity index (χ4v) is 13.0. The fraction of sp³-hybridized carbons (Fsp3) is 0.861. The fourth-order valence-electron chi connectivity index (χ4n) is 11.4. The van der Waals surface area contributed by atoms with Crippen LogP contribution in [0.15, 0.2) is 48.6 Å². The van der Waals surface area contributed by atoms with E-state index in [1.807, 2.05) is 0 Å². The van der Waals surface area contributed by atoms with Crippen molar-refractivity contribution in [3.8, 4) is 0 Å². The number of aliphatic hydroxyl groups is 2. The van der Waals surface area contributed by atoms with E-state index in [0.29, 0.717) is 19.3 Å². The lowest BCUT2D eigenvalue weighted by Crippen LogP contribution is -2.30. The van der Waals surface area contributed by atoms with Gasteiger partial charge in [0.25, 0.3) is 0 Å². The Kier molecular flexibility index (Phi) is 71.4. The van der Waals surface area contributed by atoms with Crippen LogP contribution in [0.2, 0.25) is 0 Å². The molecule has 5 atom stereocenters. The molecule has 18 heteroatoms. The van der Waals surface area contributed by atoms with Crippen molar-refractivity contribution < 1.29 is 75.8 Å². The quantitative estimate of drug-likeness (QED) is 0.0146. The van der Waals surface area contributed by atoms with Crippen LogP contribution in [0.4, 0.5) is 0 Å². The topological polar surface area (TPSA) is 231 Å². The van der Waals surface area contributed by atoms with Crippen molar-refractivity contribution in [3.05, 3.63) is 48.6 Å². The molecule has 5 unspecified atom stereocenters. The SMILES string of the molecule is CCCCC/C=C\C/C=C\C/C=C\C/C=C\CCCCCCCCCCCCCCCCCCCCCC(=O)OCC(O)COP(=O)(O)OCC(O)COP(=O)(O)OCC(COC(=O)CCCCCCCCCCCCCCC)OC(=O)CCCCCCCCCCCCCCC. The molecule has 0 fully saturated rings. The molecule has 97 heavy (non-hydrogen) atoms. The standard InChI is InChI=1S/C79H148O16P2/c1-4-7-10-13-16-19-22-25-26-27-28-29-30-31-32-33-34-35-36-37-38-39-40-41-42-43-44-45-46-49-51-53-56-59-62-65-77(82)89-68-74(80)69-91-96(85,86)92-70-75(81)71-93-97(87,88)94-73-76(95-79(84)67-64-61-58-55-52-48-24-21-18-15-12-9-6-3)72-90-78(83)66-63-60-57-54-50-47-23-20-17-14-11-8-5-2/h16,19,25-26,28-29,31-32,74-76,80-81H,4-15,17-18,20-24,27,30,33-73H2,1-3H3,(H,85,86)(H,87,88)/b19-16-,26-25-,29-28-,32-31-. The number of hydrogen-bond donors (Lipinski definition) is 4. The van der Waals surface area contributed by atoms with Crippen LogP contribution in [0, 0.1) is 0 Å². The monoisotopic (exact) mass is 1420 g/mol. The number of phosphoric acid groups is 2. The first-order chi connectivity index (χ1) is 47.2. The Hall–Kier alpha value is -2.49. The normalized spacial score (nSPS) is 14.3. The van der Waals surface area contributed by atoms with Gasteiger partial charge in [-0.05, 0) is 64.2 Å². The van der Waals surface area contributed by atoms with Crippen LogP contribution in [0.25, 0.3) is 0 Å². The summed E-state index contributed by atoms with van der Waals surface area (Å²) in [6.07, 6.45) is 77.6. The van der Waals surface area contributed by atoms with Gasteiger partial charge in [0, 0.05) is 19.3 Å². The van der Waals surface area contributed by atoms with Crippen LogP contribution in [0.5, 0.6) is 0 Å². The molecule has 570 valence electrons. The first-order valence-corrected chi connectivity index (χ1v) is 42.9. The summed E-state index contributed by atoms with van der Waals surface area (Å²) in [6.45, 7) is 2.72. The van der Waals surface area contributed by atoms with E-state index in [9.17, 15) is 43.5 Å².